The maximum Gasteiger partial charge on any atom is 0.168 e. The number of ether oxygens (including phenoxy) is 1. The number of fused-ring (bicyclic) bond motifs is 1. The topological polar surface area (TPSA) is 69.9 Å². The molecule has 2 atom stereocenters. The third-order valence-corrected chi connectivity index (χ3v) is 6.95. The molecule has 0 amide bonds. The first-order valence-corrected chi connectivity index (χ1v) is 13.9. The van der Waals surface area contributed by atoms with Crippen molar-refractivity contribution in [2.75, 3.05) is 0 Å². The summed E-state index contributed by atoms with van der Waals surface area (Å²) in [5.41, 5.74) is 2.68. The van der Waals surface area contributed by atoms with Gasteiger partial charge in [0, 0.05) is 41.2 Å². The fraction of sp³-hybridized carbons (Fsp3) is 0.0909. The van der Waals surface area contributed by atoms with E-state index >= 15 is 0 Å². The number of aldehydes is 1. The lowest BCUT2D eigenvalue weighted by Crippen LogP contribution is -2.04. The minimum absolute atomic E-state index is 0.243. The van der Waals surface area contributed by atoms with E-state index in [2.05, 4.69) is 37.1 Å². The first kappa shape index (κ1) is 22.8. The monoisotopic (exact) mass is 580 g/mol. The summed E-state index contributed by atoms with van der Waals surface area (Å²) in [4.78, 5) is 18.7. The first-order valence-electron chi connectivity index (χ1n) is 9.44. The summed E-state index contributed by atoms with van der Waals surface area (Å²) in [6.45, 7) is 1.90. The van der Waals surface area contributed by atoms with Crippen molar-refractivity contribution in [3.8, 4) is 5.75 Å². The highest BCUT2D eigenvalue weighted by Gasteiger charge is 2.15. The Bertz CT molecular complexity index is 1310. The number of benzene rings is 1. The minimum atomic E-state index is -0.499. The van der Waals surface area contributed by atoms with Crippen LogP contribution in [0.15, 0.2) is 55.0 Å². The average molecular weight is 581 g/mol. The molecule has 4 rings (SSSR count). The highest BCUT2D eigenvalue weighted by atomic mass is 127. The van der Waals surface area contributed by atoms with Gasteiger partial charge in [-0.2, -0.15) is 5.10 Å². The second-order valence-corrected chi connectivity index (χ2v) is 9.25. The number of halogens is 3. The second-order valence-electron chi connectivity index (χ2n) is 6.80. The van der Waals surface area contributed by atoms with Crippen molar-refractivity contribution < 1.29 is 13.9 Å². The van der Waals surface area contributed by atoms with Crippen molar-refractivity contribution in [3.05, 3.63) is 82.5 Å². The van der Waals surface area contributed by atoms with E-state index in [1.165, 1.54) is 24.4 Å². The molecular formula is C22H16ClFIN4O2P. The van der Waals surface area contributed by atoms with Gasteiger partial charge in [-0.3, -0.25) is 14.8 Å². The molecule has 0 bridgehead atoms. The van der Waals surface area contributed by atoms with Crippen molar-refractivity contribution in [3.63, 3.8) is 0 Å². The van der Waals surface area contributed by atoms with Gasteiger partial charge < -0.3 is 4.74 Å². The molecule has 2 unspecified atom stereocenters. The van der Waals surface area contributed by atoms with Crippen LogP contribution in [0.25, 0.3) is 22.8 Å². The molecule has 0 radical (unpaired) electrons. The summed E-state index contributed by atoms with van der Waals surface area (Å²) in [5, 5.41) is 5.83. The van der Waals surface area contributed by atoms with Gasteiger partial charge in [-0.25, -0.2) is 8.84 Å². The Labute approximate surface area is 203 Å². The molecule has 10 heteroatoms. The Kier molecular flexibility index (Phi) is 7.13. The van der Waals surface area contributed by atoms with E-state index in [-0.39, 0.29) is 17.4 Å². The summed E-state index contributed by atoms with van der Waals surface area (Å²) in [6.07, 6.45) is 6.58. The lowest BCUT2D eigenvalue weighted by atomic mass is 10.1. The van der Waals surface area contributed by atoms with Gasteiger partial charge in [0.05, 0.1) is 22.6 Å². The third kappa shape index (κ3) is 4.82. The van der Waals surface area contributed by atoms with Crippen molar-refractivity contribution in [1.29, 1.82) is 0 Å². The summed E-state index contributed by atoms with van der Waals surface area (Å²) in [6, 6.07) is 10.4. The van der Waals surface area contributed by atoms with Crippen LogP contribution in [-0.4, -0.2) is 25.8 Å². The summed E-state index contributed by atoms with van der Waals surface area (Å²) >= 11 is 8.46. The van der Waals surface area contributed by atoms with E-state index in [0.717, 1.165) is 16.5 Å². The predicted molar refractivity (Wildman–Crippen MR) is 134 cm³/mol. The lowest BCUT2D eigenvalue weighted by Gasteiger charge is -2.16. The normalized spacial score (nSPS) is 13.1. The lowest BCUT2D eigenvalue weighted by molar-refractivity contribution is 0.111. The van der Waals surface area contributed by atoms with E-state index in [9.17, 15) is 9.18 Å². The Hall–Kier alpha value is -2.42. The van der Waals surface area contributed by atoms with Crippen LogP contribution in [-0.2, 0) is 0 Å². The number of rotatable bonds is 7. The van der Waals surface area contributed by atoms with Gasteiger partial charge in [0.1, 0.15) is 23.4 Å². The predicted octanol–water partition coefficient (Wildman–Crippen LogP) is 6.69. The quantitative estimate of drug-likeness (QED) is 0.138. The van der Waals surface area contributed by atoms with E-state index in [1.807, 2.05) is 35.6 Å². The number of hydrogen-bond acceptors (Lipinski definition) is 5. The van der Waals surface area contributed by atoms with Crippen molar-refractivity contribution in [1.82, 2.24) is 19.5 Å². The van der Waals surface area contributed by atoms with Gasteiger partial charge in [-0.05, 0) is 65.4 Å². The molecule has 0 aliphatic rings. The van der Waals surface area contributed by atoms with Crippen molar-refractivity contribution >= 4 is 69.1 Å². The SMILES string of the molecule is CC(Oc1ccc2c(c1)c(/C=C(\F)c1ccc(C=O)nc1)nn2PI)c1ccncc1Cl. The zero-order valence-electron chi connectivity index (χ0n) is 16.7. The van der Waals surface area contributed by atoms with Crippen LogP contribution >= 0.6 is 40.0 Å². The molecule has 32 heavy (non-hydrogen) atoms. The molecule has 162 valence electrons. The summed E-state index contributed by atoms with van der Waals surface area (Å²) in [7, 11) is 0. The minimum Gasteiger partial charge on any atom is -0.486 e. The van der Waals surface area contributed by atoms with Gasteiger partial charge in [0.2, 0.25) is 0 Å². The van der Waals surface area contributed by atoms with E-state index in [1.54, 1.807) is 12.4 Å². The fourth-order valence-corrected chi connectivity index (χ4v) is 4.98. The van der Waals surface area contributed by atoms with Crippen LogP contribution < -0.4 is 4.74 Å². The Balaban J connectivity index is 1.69. The van der Waals surface area contributed by atoms with E-state index in [0.29, 0.717) is 29.1 Å². The fourth-order valence-electron chi connectivity index (χ4n) is 3.17. The highest BCUT2D eigenvalue weighted by Crippen LogP contribution is 2.35. The van der Waals surface area contributed by atoms with Gasteiger partial charge in [-0.1, -0.05) is 11.6 Å². The number of carbonyl (C=O) groups excluding carboxylic acids is 1. The molecule has 1 aromatic carbocycles. The van der Waals surface area contributed by atoms with E-state index < -0.39 is 5.83 Å². The first-order chi connectivity index (χ1) is 15.5. The molecule has 4 aromatic rings. The van der Waals surface area contributed by atoms with Gasteiger partial charge in [0.15, 0.2) is 6.29 Å². The standard InChI is InChI=1S/C22H16ClFIN4O2P/c1-13(17-6-7-26-11-19(17)23)31-16-4-5-22-18(8-16)21(28-29(22)32-25)9-20(24)14-2-3-15(12-30)27-10-14/h2-13,32H,1H3/b20-9-. The molecule has 0 N–H and O–H groups in total. The summed E-state index contributed by atoms with van der Waals surface area (Å²) < 4.78 is 22.8. The Morgan fingerprint density at radius 2 is 2.12 bits per heavy atom. The molecular weight excluding hydrogens is 565 g/mol. The van der Waals surface area contributed by atoms with Gasteiger partial charge in [0.25, 0.3) is 0 Å². The summed E-state index contributed by atoms with van der Waals surface area (Å²) in [5.74, 6) is 0.114. The highest BCUT2D eigenvalue weighted by molar-refractivity contribution is 14.2. The van der Waals surface area contributed by atoms with Crippen LogP contribution in [0.3, 0.4) is 0 Å². The Morgan fingerprint density at radius 1 is 1.28 bits per heavy atom. The zero-order valence-corrected chi connectivity index (χ0v) is 20.6. The molecule has 0 spiro atoms. The number of pyridine rings is 2. The van der Waals surface area contributed by atoms with E-state index in [4.69, 9.17) is 16.3 Å². The number of nitrogens with zero attached hydrogens (tertiary/aromatic N) is 4. The molecule has 0 aliphatic carbocycles. The van der Waals surface area contributed by atoms with Crippen LogP contribution in [0.4, 0.5) is 4.39 Å². The third-order valence-electron chi connectivity index (χ3n) is 4.76. The molecule has 0 fully saturated rings. The van der Waals surface area contributed by atoms with Gasteiger partial charge in [-0.15, -0.1) is 0 Å². The smallest absolute Gasteiger partial charge is 0.168 e. The molecule has 0 saturated carbocycles. The van der Waals surface area contributed by atoms with Crippen LogP contribution in [0.5, 0.6) is 5.75 Å². The molecule has 0 aliphatic heterocycles. The average Bonchev–Trinajstić information content (AvgIpc) is 3.16. The number of aromatic nitrogens is 4. The molecule has 3 aromatic heterocycles. The largest absolute Gasteiger partial charge is 0.486 e. The maximum absolute atomic E-state index is 14.9. The maximum atomic E-state index is 14.9. The van der Waals surface area contributed by atoms with Crippen molar-refractivity contribution in [2.45, 2.75) is 13.0 Å². The number of carbonyl (C=O) groups is 1. The van der Waals surface area contributed by atoms with Crippen LogP contribution in [0, 0.1) is 0 Å². The molecule has 0 saturated heterocycles. The second kappa shape index (κ2) is 10.0. The molecule has 3 heterocycles. The molecule has 6 nitrogen and oxygen atoms in total. The van der Waals surface area contributed by atoms with Crippen LogP contribution in [0.1, 0.15) is 40.3 Å². The zero-order chi connectivity index (χ0) is 22.7. The van der Waals surface area contributed by atoms with Gasteiger partial charge >= 0.3 is 0 Å². The Morgan fingerprint density at radius 3 is 2.81 bits per heavy atom. The van der Waals surface area contributed by atoms with Crippen LogP contribution in [0.2, 0.25) is 5.02 Å². The van der Waals surface area contributed by atoms with Crippen molar-refractivity contribution in [2.24, 2.45) is 0 Å². The number of hydrogen-bond donors (Lipinski definition) is 0.